The SMILES string of the molecule is CC1(C)OC(=O)C(=CNc2ccc(S(=O)(=O)O)cc2[N+](=O)[O-])C(=O)O1. The second kappa shape index (κ2) is 6.14. The maximum absolute atomic E-state index is 11.8. The zero-order chi connectivity index (χ0) is 19.0. The minimum atomic E-state index is -4.64. The number of esters is 2. The maximum Gasteiger partial charge on any atom is 0.350 e. The number of carbonyl (C=O) groups is 2. The van der Waals surface area contributed by atoms with Crippen molar-refractivity contribution >= 4 is 33.4 Å². The van der Waals surface area contributed by atoms with Crippen LogP contribution in [-0.2, 0) is 29.2 Å². The first kappa shape index (κ1) is 18.4. The summed E-state index contributed by atoms with van der Waals surface area (Å²) >= 11 is 0. The second-order valence-corrected chi connectivity index (χ2v) is 6.71. The van der Waals surface area contributed by atoms with Crippen LogP contribution in [0.4, 0.5) is 11.4 Å². The van der Waals surface area contributed by atoms with Gasteiger partial charge in [-0.3, -0.25) is 14.7 Å². The molecule has 0 unspecified atom stereocenters. The third-order valence-electron chi connectivity index (χ3n) is 2.95. The van der Waals surface area contributed by atoms with Crippen LogP contribution in [0.5, 0.6) is 0 Å². The third-order valence-corrected chi connectivity index (χ3v) is 3.80. The number of carbonyl (C=O) groups excluding carboxylic acids is 2. The minimum absolute atomic E-state index is 0.227. The second-order valence-electron chi connectivity index (χ2n) is 5.29. The Morgan fingerprint density at radius 2 is 1.80 bits per heavy atom. The Bertz CT molecular complexity index is 880. The van der Waals surface area contributed by atoms with E-state index in [2.05, 4.69) is 5.32 Å². The fourth-order valence-electron chi connectivity index (χ4n) is 1.87. The van der Waals surface area contributed by atoms with Crippen LogP contribution < -0.4 is 5.32 Å². The first-order chi connectivity index (χ1) is 11.4. The molecule has 1 aromatic rings. The summed E-state index contributed by atoms with van der Waals surface area (Å²) in [5, 5.41) is 13.4. The highest BCUT2D eigenvalue weighted by molar-refractivity contribution is 7.85. The van der Waals surface area contributed by atoms with Crippen LogP contribution in [-0.4, -0.2) is 35.6 Å². The van der Waals surface area contributed by atoms with E-state index >= 15 is 0 Å². The summed E-state index contributed by atoms with van der Waals surface area (Å²) in [5.74, 6) is -3.42. The highest BCUT2D eigenvalue weighted by atomic mass is 32.2. The van der Waals surface area contributed by atoms with Crippen molar-refractivity contribution in [2.45, 2.75) is 24.5 Å². The number of anilines is 1. The molecular formula is C13H12N2O9S. The molecular weight excluding hydrogens is 360 g/mol. The smallest absolute Gasteiger partial charge is 0.350 e. The van der Waals surface area contributed by atoms with Gasteiger partial charge >= 0.3 is 11.9 Å². The lowest BCUT2D eigenvalue weighted by molar-refractivity contribution is -0.384. The molecule has 0 radical (unpaired) electrons. The van der Waals surface area contributed by atoms with Gasteiger partial charge in [0.1, 0.15) is 10.6 Å². The lowest BCUT2D eigenvalue weighted by Gasteiger charge is -2.29. The number of hydrogen-bond acceptors (Lipinski definition) is 9. The molecule has 1 fully saturated rings. The van der Waals surface area contributed by atoms with Crippen molar-refractivity contribution in [2.75, 3.05) is 5.32 Å². The highest BCUT2D eigenvalue weighted by Crippen LogP contribution is 2.28. The predicted octanol–water partition coefficient (Wildman–Crippen LogP) is 0.973. The number of nitrogens with zero attached hydrogens (tertiary/aromatic N) is 1. The fraction of sp³-hybridized carbons (Fsp3) is 0.231. The number of cyclic esters (lactones) is 2. The molecule has 0 aromatic heterocycles. The van der Waals surface area contributed by atoms with Gasteiger partial charge in [-0.05, 0) is 12.1 Å². The zero-order valence-corrected chi connectivity index (χ0v) is 13.7. The van der Waals surface area contributed by atoms with Gasteiger partial charge in [0.25, 0.3) is 21.6 Å². The van der Waals surface area contributed by atoms with Crippen LogP contribution >= 0.6 is 0 Å². The minimum Gasteiger partial charge on any atom is -0.419 e. The molecule has 25 heavy (non-hydrogen) atoms. The monoisotopic (exact) mass is 372 g/mol. The van der Waals surface area contributed by atoms with E-state index in [1.54, 1.807) is 0 Å². The Morgan fingerprint density at radius 3 is 2.28 bits per heavy atom. The van der Waals surface area contributed by atoms with E-state index in [4.69, 9.17) is 14.0 Å². The lowest BCUT2D eigenvalue weighted by atomic mass is 10.2. The van der Waals surface area contributed by atoms with E-state index in [-0.39, 0.29) is 5.69 Å². The van der Waals surface area contributed by atoms with Gasteiger partial charge in [-0.15, -0.1) is 0 Å². The largest absolute Gasteiger partial charge is 0.419 e. The average Bonchev–Trinajstić information content (AvgIpc) is 2.43. The van der Waals surface area contributed by atoms with Gasteiger partial charge in [-0.1, -0.05) is 0 Å². The van der Waals surface area contributed by atoms with Gasteiger partial charge in [-0.2, -0.15) is 8.42 Å². The molecule has 0 saturated carbocycles. The number of nitro benzene ring substituents is 1. The van der Waals surface area contributed by atoms with Crippen LogP contribution in [0.25, 0.3) is 0 Å². The molecule has 0 spiro atoms. The average molecular weight is 372 g/mol. The molecule has 1 heterocycles. The summed E-state index contributed by atoms with van der Waals surface area (Å²) < 4.78 is 40.7. The molecule has 2 N–H and O–H groups in total. The van der Waals surface area contributed by atoms with Crippen molar-refractivity contribution < 1.29 is 37.0 Å². The van der Waals surface area contributed by atoms with Gasteiger partial charge in [0, 0.05) is 26.1 Å². The molecule has 1 aliphatic heterocycles. The van der Waals surface area contributed by atoms with Crippen LogP contribution in [0.1, 0.15) is 13.8 Å². The van der Waals surface area contributed by atoms with Crippen LogP contribution in [0.2, 0.25) is 0 Å². The maximum atomic E-state index is 11.8. The Balaban J connectivity index is 2.36. The summed E-state index contributed by atoms with van der Waals surface area (Å²) in [6.07, 6.45) is 0.843. The fourth-order valence-corrected chi connectivity index (χ4v) is 2.37. The lowest BCUT2D eigenvalue weighted by Crippen LogP contribution is -2.42. The van der Waals surface area contributed by atoms with Crippen LogP contribution in [0, 0.1) is 10.1 Å². The summed E-state index contributed by atoms with van der Waals surface area (Å²) in [7, 11) is -4.64. The summed E-state index contributed by atoms with van der Waals surface area (Å²) in [5.41, 5.74) is -1.47. The number of nitro groups is 1. The number of benzene rings is 1. The molecule has 0 bridgehead atoms. The Hall–Kier alpha value is -2.99. The molecule has 12 heteroatoms. The Labute approximate surface area is 141 Å². The van der Waals surface area contributed by atoms with Gasteiger partial charge in [0.05, 0.1) is 4.92 Å². The first-order valence-corrected chi connectivity index (χ1v) is 8.04. The van der Waals surface area contributed by atoms with Gasteiger partial charge < -0.3 is 14.8 Å². The summed E-state index contributed by atoms with van der Waals surface area (Å²) in [6, 6.07) is 2.52. The van der Waals surface area contributed by atoms with Crippen LogP contribution in [0.15, 0.2) is 34.9 Å². The van der Waals surface area contributed by atoms with E-state index in [1.807, 2.05) is 0 Å². The van der Waals surface area contributed by atoms with Gasteiger partial charge in [-0.25, -0.2) is 9.59 Å². The third kappa shape index (κ3) is 4.10. The van der Waals surface area contributed by atoms with Crippen molar-refractivity contribution in [2.24, 2.45) is 0 Å². The summed E-state index contributed by atoms with van der Waals surface area (Å²) in [6.45, 7) is 2.71. The number of nitrogens with one attached hydrogen (secondary N) is 1. The molecule has 1 aliphatic rings. The molecule has 1 aromatic carbocycles. The van der Waals surface area contributed by atoms with Gasteiger partial charge in [0.2, 0.25) is 0 Å². The van der Waals surface area contributed by atoms with E-state index in [0.717, 1.165) is 18.3 Å². The Kier molecular flexibility index (Phi) is 4.51. The molecule has 0 atom stereocenters. The standard InChI is InChI=1S/C13H12N2O9S/c1-13(2)23-11(16)8(12(17)24-13)6-14-9-4-3-7(25(20,21)22)5-10(9)15(18)19/h3-6,14H,1-2H3,(H,20,21,22). The first-order valence-electron chi connectivity index (χ1n) is 6.60. The predicted molar refractivity (Wildman–Crippen MR) is 80.9 cm³/mol. The van der Waals surface area contributed by atoms with Crippen molar-refractivity contribution in [3.8, 4) is 0 Å². The molecule has 11 nitrogen and oxygen atoms in total. The molecule has 134 valence electrons. The van der Waals surface area contributed by atoms with Crippen molar-refractivity contribution in [1.82, 2.24) is 0 Å². The molecule has 2 rings (SSSR count). The number of rotatable bonds is 4. The van der Waals surface area contributed by atoms with E-state index < -0.39 is 48.9 Å². The normalized spacial score (nSPS) is 16.7. The quantitative estimate of drug-likeness (QED) is 0.194. The van der Waals surface area contributed by atoms with E-state index in [1.165, 1.54) is 13.8 Å². The topological polar surface area (TPSA) is 162 Å². The Morgan fingerprint density at radius 1 is 1.24 bits per heavy atom. The molecule has 0 aliphatic carbocycles. The number of hydrogen-bond donors (Lipinski definition) is 2. The van der Waals surface area contributed by atoms with Crippen molar-refractivity contribution in [3.63, 3.8) is 0 Å². The highest BCUT2D eigenvalue weighted by Gasteiger charge is 2.39. The molecule has 1 saturated heterocycles. The number of ether oxygens (including phenoxy) is 2. The van der Waals surface area contributed by atoms with E-state index in [9.17, 15) is 28.1 Å². The van der Waals surface area contributed by atoms with Crippen LogP contribution in [0.3, 0.4) is 0 Å². The van der Waals surface area contributed by atoms with Crippen molar-refractivity contribution in [3.05, 3.63) is 40.1 Å². The molecule has 0 amide bonds. The van der Waals surface area contributed by atoms with Crippen molar-refractivity contribution in [1.29, 1.82) is 0 Å². The van der Waals surface area contributed by atoms with Gasteiger partial charge in [0.15, 0.2) is 5.57 Å². The van der Waals surface area contributed by atoms with E-state index in [0.29, 0.717) is 6.07 Å². The summed E-state index contributed by atoms with van der Waals surface area (Å²) in [4.78, 5) is 33.0. The zero-order valence-electron chi connectivity index (χ0n) is 12.9.